The molecule has 0 atom stereocenters. The number of nitrogens with one attached hydrogen (secondary N) is 2. The Morgan fingerprint density at radius 1 is 1.07 bits per heavy atom. The smallest absolute Gasteiger partial charge is 0.335 e. The van der Waals surface area contributed by atoms with Crippen molar-refractivity contribution >= 4 is 29.7 Å². The molecule has 8 heteroatoms. The number of anilines is 1. The molecule has 0 spiro atoms. The van der Waals surface area contributed by atoms with E-state index in [1.165, 1.54) is 25.3 Å². The number of carbonyl (C=O) groups is 3. The second-order valence-corrected chi connectivity index (χ2v) is 6.45. The summed E-state index contributed by atoms with van der Waals surface area (Å²) in [6.45, 7) is 3.10. The van der Waals surface area contributed by atoms with Crippen LogP contribution in [-0.2, 0) is 4.79 Å². The van der Waals surface area contributed by atoms with Crippen molar-refractivity contribution in [1.82, 2.24) is 5.43 Å². The van der Waals surface area contributed by atoms with Crippen LogP contribution < -0.4 is 10.7 Å². The highest BCUT2D eigenvalue weighted by Gasteiger charge is 2.13. The monoisotopic (exact) mass is 405 g/mol. The van der Waals surface area contributed by atoms with E-state index in [0.717, 1.165) is 0 Å². The van der Waals surface area contributed by atoms with E-state index in [-0.39, 0.29) is 11.5 Å². The Morgan fingerprint density at radius 3 is 2.57 bits per heavy atom. The van der Waals surface area contributed by atoms with Crippen molar-refractivity contribution in [3.63, 3.8) is 0 Å². The maximum Gasteiger partial charge on any atom is 0.335 e. The van der Waals surface area contributed by atoms with Gasteiger partial charge in [0, 0.05) is 23.7 Å². The highest BCUT2D eigenvalue weighted by Crippen LogP contribution is 2.27. The normalized spacial score (nSPS) is 10.7. The SMILES string of the molecule is CC(=O)Nc1cccc(C(=O)N/N=C\c2ccc(-c3cccc(C(=O)O)c3C)o2)c1. The third-order valence-electron chi connectivity index (χ3n) is 4.26. The number of hydrogen-bond donors (Lipinski definition) is 3. The molecular formula is C22H19N3O5. The largest absolute Gasteiger partial charge is 0.478 e. The molecule has 0 aliphatic heterocycles. The van der Waals surface area contributed by atoms with Crippen LogP contribution in [0.15, 0.2) is 64.1 Å². The Kier molecular flexibility index (Phi) is 6.07. The highest BCUT2D eigenvalue weighted by atomic mass is 16.4. The first-order chi connectivity index (χ1) is 14.3. The molecule has 0 unspecified atom stereocenters. The number of benzene rings is 2. The Morgan fingerprint density at radius 2 is 1.83 bits per heavy atom. The number of hydrazone groups is 1. The molecule has 3 N–H and O–H groups in total. The molecule has 1 heterocycles. The van der Waals surface area contributed by atoms with E-state index in [9.17, 15) is 19.5 Å². The van der Waals surface area contributed by atoms with E-state index in [1.54, 1.807) is 49.4 Å². The molecule has 1 aromatic heterocycles. The molecule has 152 valence electrons. The van der Waals surface area contributed by atoms with Gasteiger partial charge in [-0.05, 0) is 48.9 Å². The van der Waals surface area contributed by atoms with Gasteiger partial charge >= 0.3 is 5.97 Å². The van der Waals surface area contributed by atoms with E-state index in [0.29, 0.717) is 33.9 Å². The Balaban J connectivity index is 1.70. The van der Waals surface area contributed by atoms with Gasteiger partial charge < -0.3 is 14.8 Å². The maximum absolute atomic E-state index is 12.2. The van der Waals surface area contributed by atoms with Crippen molar-refractivity contribution in [1.29, 1.82) is 0 Å². The zero-order chi connectivity index (χ0) is 21.7. The minimum atomic E-state index is -1.01. The van der Waals surface area contributed by atoms with Crippen LogP contribution in [0.25, 0.3) is 11.3 Å². The molecule has 2 aromatic carbocycles. The van der Waals surface area contributed by atoms with Gasteiger partial charge in [0.15, 0.2) is 0 Å². The van der Waals surface area contributed by atoms with Crippen molar-refractivity contribution in [2.45, 2.75) is 13.8 Å². The lowest BCUT2D eigenvalue weighted by Crippen LogP contribution is -2.18. The summed E-state index contributed by atoms with van der Waals surface area (Å²) in [6.07, 6.45) is 1.34. The van der Waals surface area contributed by atoms with Gasteiger partial charge in [-0.25, -0.2) is 10.2 Å². The number of amides is 2. The van der Waals surface area contributed by atoms with Crippen molar-refractivity contribution < 1.29 is 23.9 Å². The van der Waals surface area contributed by atoms with Crippen LogP contribution in [0.4, 0.5) is 5.69 Å². The van der Waals surface area contributed by atoms with Crippen LogP contribution in [0, 0.1) is 6.92 Å². The fourth-order valence-electron chi connectivity index (χ4n) is 2.86. The Labute approximate surface area is 172 Å². The third-order valence-corrected chi connectivity index (χ3v) is 4.26. The molecule has 0 radical (unpaired) electrons. The van der Waals surface area contributed by atoms with Gasteiger partial charge in [0.2, 0.25) is 5.91 Å². The standard InChI is InChI=1S/C22H19N3O5/c1-13-18(7-4-8-19(13)22(28)29)20-10-9-17(30-20)12-23-25-21(27)15-5-3-6-16(11-15)24-14(2)26/h3-12H,1-2H3,(H,24,26)(H,25,27)(H,28,29)/b23-12-. The molecule has 3 rings (SSSR count). The first kappa shape index (κ1) is 20.5. The van der Waals surface area contributed by atoms with Crippen LogP contribution in [0.3, 0.4) is 0 Å². The summed E-state index contributed by atoms with van der Waals surface area (Å²) in [5.41, 5.74) is 4.69. The lowest BCUT2D eigenvalue weighted by Gasteiger charge is -2.05. The number of aromatic carboxylic acids is 1. The quantitative estimate of drug-likeness (QED) is 0.427. The van der Waals surface area contributed by atoms with Crippen LogP contribution in [0.5, 0.6) is 0 Å². The average molecular weight is 405 g/mol. The minimum absolute atomic E-state index is 0.202. The van der Waals surface area contributed by atoms with Gasteiger partial charge in [-0.3, -0.25) is 9.59 Å². The van der Waals surface area contributed by atoms with Crippen molar-refractivity contribution in [2.24, 2.45) is 5.10 Å². The van der Waals surface area contributed by atoms with Gasteiger partial charge in [0.1, 0.15) is 11.5 Å². The minimum Gasteiger partial charge on any atom is -0.478 e. The number of nitrogens with zero attached hydrogens (tertiary/aromatic N) is 1. The van der Waals surface area contributed by atoms with Gasteiger partial charge in [0.05, 0.1) is 11.8 Å². The highest BCUT2D eigenvalue weighted by molar-refractivity contribution is 5.97. The predicted molar refractivity (Wildman–Crippen MR) is 112 cm³/mol. The van der Waals surface area contributed by atoms with E-state index in [1.807, 2.05) is 0 Å². The number of carbonyl (C=O) groups excluding carboxylic acids is 2. The van der Waals surface area contributed by atoms with Crippen molar-refractivity contribution in [3.8, 4) is 11.3 Å². The lowest BCUT2D eigenvalue weighted by molar-refractivity contribution is -0.114. The maximum atomic E-state index is 12.2. The molecule has 3 aromatic rings. The summed E-state index contributed by atoms with van der Waals surface area (Å²) < 4.78 is 5.69. The zero-order valence-corrected chi connectivity index (χ0v) is 16.3. The van der Waals surface area contributed by atoms with E-state index >= 15 is 0 Å². The number of carboxylic acid groups (broad SMARTS) is 1. The topological polar surface area (TPSA) is 121 Å². The van der Waals surface area contributed by atoms with Crippen molar-refractivity contribution in [3.05, 3.63) is 77.0 Å². The fourth-order valence-corrected chi connectivity index (χ4v) is 2.86. The number of carboxylic acids is 1. The third kappa shape index (κ3) is 4.79. The zero-order valence-electron chi connectivity index (χ0n) is 16.3. The van der Waals surface area contributed by atoms with E-state index < -0.39 is 11.9 Å². The Hall–Kier alpha value is -4.20. The molecule has 0 saturated heterocycles. The van der Waals surface area contributed by atoms with E-state index in [2.05, 4.69) is 15.8 Å². The van der Waals surface area contributed by atoms with Gasteiger partial charge in [-0.2, -0.15) is 5.10 Å². The van der Waals surface area contributed by atoms with Crippen molar-refractivity contribution in [2.75, 3.05) is 5.32 Å². The summed E-state index contributed by atoms with van der Waals surface area (Å²) in [6, 6.07) is 14.8. The summed E-state index contributed by atoms with van der Waals surface area (Å²) >= 11 is 0. The van der Waals surface area contributed by atoms with Crippen LogP contribution >= 0.6 is 0 Å². The molecule has 8 nitrogen and oxygen atoms in total. The second-order valence-electron chi connectivity index (χ2n) is 6.45. The first-order valence-corrected chi connectivity index (χ1v) is 8.99. The van der Waals surface area contributed by atoms with E-state index in [4.69, 9.17) is 4.42 Å². The molecule has 2 amide bonds. The fraction of sp³-hybridized carbons (Fsp3) is 0.0909. The number of furan rings is 1. The summed E-state index contributed by atoms with van der Waals surface area (Å²) in [5, 5.41) is 15.7. The summed E-state index contributed by atoms with van der Waals surface area (Å²) in [5.74, 6) is -0.810. The second kappa shape index (κ2) is 8.87. The predicted octanol–water partition coefficient (Wildman–Crippen LogP) is 3.68. The molecule has 0 saturated carbocycles. The lowest BCUT2D eigenvalue weighted by atomic mass is 10.0. The summed E-state index contributed by atoms with van der Waals surface area (Å²) in [7, 11) is 0. The molecular weight excluding hydrogens is 386 g/mol. The molecule has 0 aliphatic carbocycles. The van der Waals surface area contributed by atoms with Crippen LogP contribution in [0.2, 0.25) is 0 Å². The number of rotatable bonds is 6. The molecule has 0 fully saturated rings. The molecule has 30 heavy (non-hydrogen) atoms. The van der Waals surface area contributed by atoms with Gasteiger partial charge in [0.25, 0.3) is 5.91 Å². The van der Waals surface area contributed by atoms with Crippen LogP contribution in [-0.4, -0.2) is 29.1 Å². The average Bonchev–Trinajstić information content (AvgIpc) is 3.16. The summed E-state index contributed by atoms with van der Waals surface area (Å²) in [4.78, 5) is 34.6. The van der Waals surface area contributed by atoms with Gasteiger partial charge in [-0.1, -0.05) is 18.2 Å². The first-order valence-electron chi connectivity index (χ1n) is 8.99. The molecule has 0 aliphatic rings. The molecule has 0 bridgehead atoms. The number of hydrogen-bond acceptors (Lipinski definition) is 5. The van der Waals surface area contributed by atoms with Gasteiger partial charge in [-0.15, -0.1) is 0 Å². The Bertz CT molecular complexity index is 1150. The van der Waals surface area contributed by atoms with Crippen LogP contribution in [0.1, 0.15) is 39.0 Å².